The molecule has 1 atom stereocenters. The van der Waals surface area contributed by atoms with E-state index in [9.17, 15) is 9.18 Å². The van der Waals surface area contributed by atoms with E-state index < -0.39 is 0 Å². The second kappa shape index (κ2) is 9.69. The van der Waals surface area contributed by atoms with Gasteiger partial charge in [0, 0.05) is 24.7 Å². The van der Waals surface area contributed by atoms with Crippen molar-refractivity contribution in [2.75, 3.05) is 20.3 Å². The molecule has 1 saturated carbocycles. The molecular formula is C22H27FN2O4. The van der Waals surface area contributed by atoms with Gasteiger partial charge in [-0.2, -0.15) is 0 Å². The Balaban J connectivity index is 1.51. The number of carbonyl (C=O) groups excluding carboxylic acids is 1. The van der Waals surface area contributed by atoms with E-state index >= 15 is 0 Å². The lowest BCUT2D eigenvalue weighted by Crippen LogP contribution is -2.40. The van der Waals surface area contributed by atoms with Crippen molar-refractivity contribution in [2.24, 2.45) is 5.92 Å². The van der Waals surface area contributed by atoms with Gasteiger partial charge < -0.3 is 19.5 Å². The van der Waals surface area contributed by atoms with Crippen LogP contribution in [0.2, 0.25) is 0 Å². The summed E-state index contributed by atoms with van der Waals surface area (Å²) in [5.41, 5.74) is 1.64. The van der Waals surface area contributed by atoms with Crippen LogP contribution in [0.4, 0.5) is 4.39 Å². The van der Waals surface area contributed by atoms with Gasteiger partial charge in [-0.1, -0.05) is 12.1 Å². The summed E-state index contributed by atoms with van der Waals surface area (Å²) in [5.74, 6) is 1.02. The SMILES string of the molecule is COc1c(-c2ccc(F)cc2)ccnc1OC[C@H]1C[C@H](OC[C@H](C)NC(C)=O)C1. The number of hydrogen-bond donors (Lipinski definition) is 1. The maximum Gasteiger partial charge on any atom is 0.257 e. The minimum absolute atomic E-state index is 0.00506. The molecule has 156 valence electrons. The summed E-state index contributed by atoms with van der Waals surface area (Å²) in [7, 11) is 1.57. The summed E-state index contributed by atoms with van der Waals surface area (Å²) in [5, 5.41) is 2.81. The van der Waals surface area contributed by atoms with Gasteiger partial charge >= 0.3 is 0 Å². The number of methoxy groups -OCH3 is 1. The number of nitrogens with one attached hydrogen (secondary N) is 1. The Labute approximate surface area is 170 Å². The number of halogens is 1. The third-order valence-electron chi connectivity index (χ3n) is 4.91. The summed E-state index contributed by atoms with van der Waals surface area (Å²) >= 11 is 0. The lowest BCUT2D eigenvalue weighted by atomic mass is 9.83. The first-order valence-electron chi connectivity index (χ1n) is 9.76. The van der Waals surface area contributed by atoms with E-state index in [4.69, 9.17) is 14.2 Å². The predicted octanol–water partition coefficient (Wildman–Crippen LogP) is 3.59. The molecule has 0 bridgehead atoms. The van der Waals surface area contributed by atoms with E-state index in [1.807, 2.05) is 13.0 Å². The molecule has 1 fully saturated rings. The van der Waals surface area contributed by atoms with Crippen LogP contribution in [0.5, 0.6) is 11.6 Å². The molecule has 1 aromatic heterocycles. The number of nitrogens with zero attached hydrogens (tertiary/aromatic N) is 1. The van der Waals surface area contributed by atoms with E-state index in [1.165, 1.54) is 19.1 Å². The minimum Gasteiger partial charge on any atom is -0.491 e. The highest BCUT2D eigenvalue weighted by Gasteiger charge is 2.31. The van der Waals surface area contributed by atoms with Gasteiger partial charge in [0.25, 0.3) is 5.88 Å². The average molecular weight is 402 g/mol. The molecule has 0 spiro atoms. The molecule has 29 heavy (non-hydrogen) atoms. The Morgan fingerprint density at radius 2 is 2.00 bits per heavy atom. The quantitative estimate of drug-likeness (QED) is 0.694. The molecule has 6 nitrogen and oxygen atoms in total. The van der Waals surface area contributed by atoms with Crippen molar-refractivity contribution in [3.05, 3.63) is 42.3 Å². The van der Waals surface area contributed by atoms with E-state index in [1.54, 1.807) is 25.4 Å². The standard InChI is InChI=1S/C22H27FN2O4/c1-14(25-15(2)26)12-28-19-10-16(11-19)13-29-22-21(27-3)20(8-9-24-22)17-4-6-18(23)7-5-17/h4-9,14,16,19H,10-13H2,1-3H3,(H,25,26)/t14-,16-,19-/m0/s1. The van der Waals surface area contributed by atoms with Crippen LogP contribution in [0, 0.1) is 11.7 Å². The molecule has 2 aromatic rings. The van der Waals surface area contributed by atoms with Crippen LogP contribution in [0.1, 0.15) is 26.7 Å². The summed E-state index contributed by atoms with van der Waals surface area (Å²) in [6, 6.07) is 8.06. The summed E-state index contributed by atoms with van der Waals surface area (Å²) in [6.45, 7) is 4.46. The molecule has 7 heteroatoms. The van der Waals surface area contributed by atoms with Gasteiger partial charge in [-0.05, 0) is 49.4 Å². The fourth-order valence-corrected chi connectivity index (χ4v) is 3.40. The Morgan fingerprint density at radius 1 is 1.28 bits per heavy atom. The molecule has 1 amide bonds. The zero-order valence-electron chi connectivity index (χ0n) is 17.0. The molecule has 0 radical (unpaired) electrons. The third-order valence-corrected chi connectivity index (χ3v) is 4.91. The van der Waals surface area contributed by atoms with E-state index in [2.05, 4.69) is 10.3 Å². The second-order valence-electron chi connectivity index (χ2n) is 7.41. The van der Waals surface area contributed by atoms with Gasteiger partial charge in [0.15, 0.2) is 5.75 Å². The van der Waals surface area contributed by atoms with Crippen molar-refractivity contribution in [1.82, 2.24) is 10.3 Å². The van der Waals surface area contributed by atoms with Crippen LogP contribution in [0.3, 0.4) is 0 Å². The van der Waals surface area contributed by atoms with Crippen LogP contribution in [-0.2, 0) is 9.53 Å². The Bertz CT molecular complexity index is 822. The topological polar surface area (TPSA) is 69.7 Å². The van der Waals surface area contributed by atoms with Crippen molar-refractivity contribution >= 4 is 5.91 Å². The van der Waals surface area contributed by atoms with Crippen LogP contribution < -0.4 is 14.8 Å². The first-order valence-corrected chi connectivity index (χ1v) is 9.76. The second-order valence-corrected chi connectivity index (χ2v) is 7.41. The molecule has 0 saturated heterocycles. The highest BCUT2D eigenvalue weighted by Crippen LogP contribution is 2.37. The number of amides is 1. The highest BCUT2D eigenvalue weighted by molar-refractivity contribution is 5.73. The number of rotatable bonds is 9. The van der Waals surface area contributed by atoms with Crippen LogP contribution in [0.25, 0.3) is 11.1 Å². The van der Waals surface area contributed by atoms with Crippen LogP contribution >= 0.6 is 0 Å². The van der Waals surface area contributed by atoms with E-state index in [-0.39, 0.29) is 23.9 Å². The summed E-state index contributed by atoms with van der Waals surface area (Å²) in [6.07, 6.45) is 3.67. The van der Waals surface area contributed by atoms with E-state index in [0.29, 0.717) is 30.8 Å². The molecule has 1 N–H and O–H groups in total. The van der Waals surface area contributed by atoms with Gasteiger partial charge in [0.05, 0.1) is 26.4 Å². The van der Waals surface area contributed by atoms with E-state index in [0.717, 1.165) is 24.0 Å². The number of pyridine rings is 1. The normalized spacial score (nSPS) is 19.2. The molecule has 0 unspecified atom stereocenters. The van der Waals surface area contributed by atoms with Gasteiger partial charge in [-0.15, -0.1) is 0 Å². The fraction of sp³-hybridized carbons (Fsp3) is 0.455. The number of ether oxygens (including phenoxy) is 3. The van der Waals surface area contributed by atoms with Gasteiger partial charge in [-0.3, -0.25) is 4.79 Å². The Morgan fingerprint density at radius 3 is 2.66 bits per heavy atom. The zero-order chi connectivity index (χ0) is 20.8. The molecule has 3 rings (SSSR count). The smallest absolute Gasteiger partial charge is 0.257 e. The maximum absolute atomic E-state index is 13.2. The summed E-state index contributed by atoms with van der Waals surface area (Å²) < 4.78 is 30.5. The van der Waals surface area contributed by atoms with Crippen molar-refractivity contribution in [1.29, 1.82) is 0 Å². The first-order chi connectivity index (χ1) is 14.0. The van der Waals surface area contributed by atoms with Crippen molar-refractivity contribution in [3.8, 4) is 22.8 Å². The number of benzene rings is 1. The van der Waals surface area contributed by atoms with Crippen LogP contribution in [-0.4, -0.2) is 43.4 Å². The van der Waals surface area contributed by atoms with Crippen molar-refractivity contribution in [3.63, 3.8) is 0 Å². The molecule has 1 aliphatic rings. The highest BCUT2D eigenvalue weighted by atomic mass is 19.1. The Kier molecular flexibility index (Phi) is 7.04. The lowest BCUT2D eigenvalue weighted by Gasteiger charge is -2.35. The molecular weight excluding hydrogens is 375 g/mol. The fourth-order valence-electron chi connectivity index (χ4n) is 3.40. The molecule has 1 heterocycles. The molecule has 1 aliphatic carbocycles. The minimum atomic E-state index is -0.286. The molecule has 1 aromatic carbocycles. The third kappa shape index (κ3) is 5.67. The van der Waals surface area contributed by atoms with Gasteiger partial charge in [-0.25, -0.2) is 9.37 Å². The maximum atomic E-state index is 13.2. The lowest BCUT2D eigenvalue weighted by molar-refractivity contribution is -0.120. The number of hydrogen-bond acceptors (Lipinski definition) is 5. The van der Waals surface area contributed by atoms with Gasteiger partial charge in [0.2, 0.25) is 5.91 Å². The number of aromatic nitrogens is 1. The average Bonchev–Trinajstić information content (AvgIpc) is 2.66. The first kappa shape index (κ1) is 21.0. The largest absolute Gasteiger partial charge is 0.491 e. The zero-order valence-corrected chi connectivity index (χ0v) is 17.0. The summed E-state index contributed by atoms with van der Waals surface area (Å²) in [4.78, 5) is 15.3. The number of carbonyl (C=O) groups is 1. The van der Waals surface area contributed by atoms with Crippen molar-refractivity contribution < 1.29 is 23.4 Å². The predicted molar refractivity (Wildman–Crippen MR) is 107 cm³/mol. The monoisotopic (exact) mass is 402 g/mol. The Hall–Kier alpha value is -2.67. The molecule has 0 aliphatic heterocycles. The van der Waals surface area contributed by atoms with Crippen molar-refractivity contribution in [2.45, 2.75) is 38.8 Å². The van der Waals surface area contributed by atoms with Crippen LogP contribution in [0.15, 0.2) is 36.5 Å². The van der Waals surface area contributed by atoms with Gasteiger partial charge in [0.1, 0.15) is 5.82 Å².